The van der Waals surface area contributed by atoms with Gasteiger partial charge in [-0.1, -0.05) is 25.0 Å². The molecule has 0 spiro atoms. The zero-order chi connectivity index (χ0) is 16.1. The molecule has 0 aromatic heterocycles. The van der Waals surface area contributed by atoms with E-state index in [0.29, 0.717) is 12.5 Å². The molecule has 0 N–H and O–H groups in total. The normalized spacial score (nSPS) is 23.0. The number of carbonyl (C=O) groups is 1. The number of halogens is 1. The highest BCUT2D eigenvalue weighted by Gasteiger charge is 2.27. The molecule has 3 nitrogen and oxygen atoms in total. The Kier molecular flexibility index (Phi) is 5.65. The van der Waals surface area contributed by atoms with E-state index in [1.54, 1.807) is 6.07 Å². The van der Waals surface area contributed by atoms with Crippen LogP contribution in [0.1, 0.15) is 44.1 Å². The number of amides is 1. The number of benzene rings is 1. The summed E-state index contributed by atoms with van der Waals surface area (Å²) >= 11 is 0. The monoisotopic (exact) mass is 318 g/mol. The highest BCUT2D eigenvalue weighted by molar-refractivity contribution is 5.79. The minimum absolute atomic E-state index is 0.154. The van der Waals surface area contributed by atoms with Gasteiger partial charge in [0.1, 0.15) is 5.82 Å². The van der Waals surface area contributed by atoms with Crippen molar-refractivity contribution in [2.45, 2.75) is 51.0 Å². The molecule has 0 saturated carbocycles. The first-order valence-corrected chi connectivity index (χ1v) is 8.98. The summed E-state index contributed by atoms with van der Waals surface area (Å²) in [6.45, 7) is 4.20. The number of nitrogens with zero attached hydrogens (tertiary/aromatic N) is 2. The topological polar surface area (TPSA) is 23.6 Å². The van der Waals surface area contributed by atoms with E-state index in [1.807, 2.05) is 6.07 Å². The Labute approximate surface area is 138 Å². The van der Waals surface area contributed by atoms with E-state index in [9.17, 15) is 9.18 Å². The van der Waals surface area contributed by atoms with Crippen molar-refractivity contribution in [1.29, 1.82) is 0 Å². The van der Waals surface area contributed by atoms with Crippen molar-refractivity contribution >= 4 is 5.91 Å². The molecule has 4 heteroatoms. The summed E-state index contributed by atoms with van der Waals surface area (Å²) in [5.41, 5.74) is 0.777. The highest BCUT2D eigenvalue weighted by Crippen LogP contribution is 2.21. The van der Waals surface area contributed by atoms with E-state index >= 15 is 0 Å². The lowest BCUT2D eigenvalue weighted by atomic mass is 10.1. The zero-order valence-electron chi connectivity index (χ0n) is 13.8. The molecule has 126 valence electrons. The summed E-state index contributed by atoms with van der Waals surface area (Å²) in [7, 11) is 0. The zero-order valence-corrected chi connectivity index (χ0v) is 13.8. The highest BCUT2D eigenvalue weighted by atomic mass is 19.1. The molecule has 1 atom stereocenters. The molecule has 2 heterocycles. The summed E-state index contributed by atoms with van der Waals surface area (Å²) in [5, 5.41) is 0. The number of likely N-dealkylation sites (tertiary alicyclic amines) is 2. The summed E-state index contributed by atoms with van der Waals surface area (Å²) in [6.07, 6.45) is 7.49. The predicted octanol–water partition coefficient (Wildman–Crippen LogP) is 3.24. The number of hydrogen-bond acceptors (Lipinski definition) is 2. The van der Waals surface area contributed by atoms with Crippen molar-refractivity contribution < 1.29 is 9.18 Å². The van der Waals surface area contributed by atoms with Crippen LogP contribution in [-0.4, -0.2) is 47.9 Å². The predicted molar refractivity (Wildman–Crippen MR) is 89.7 cm³/mol. The van der Waals surface area contributed by atoms with E-state index < -0.39 is 0 Å². The van der Waals surface area contributed by atoms with Crippen molar-refractivity contribution in [3.8, 4) is 0 Å². The average Bonchev–Trinajstić information content (AvgIpc) is 2.92. The molecule has 0 unspecified atom stereocenters. The van der Waals surface area contributed by atoms with Crippen LogP contribution in [-0.2, 0) is 11.2 Å². The molecule has 2 aliphatic heterocycles. The van der Waals surface area contributed by atoms with Gasteiger partial charge in [-0.2, -0.15) is 0 Å². The molecule has 23 heavy (non-hydrogen) atoms. The maximum absolute atomic E-state index is 13.3. The van der Waals surface area contributed by atoms with Gasteiger partial charge in [-0.3, -0.25) is 4.79 Å². The van der Waals surface area contributed by atoms with E-state index in [2.05, 4.69) is 9.80 Å². The molecule has 1 amide bonds. The smallest absolute Gasteiger partial charge is 0.227 e. The Morgan fingerprint density at radius 3 is 2.65 bits per heavy atom. The molecular weight excluding hydrogens is 291 g/mol. The summed E-state index contributed by atoms with van der Waals surface area (Å²) in [5.74, 6) is -0.110. The van der Waals surface area contributed by atoms with Gasteiger partial charge in [0.25, 0.3) is 0 Å². The lowest BCUT2D eigenvalue weighted by Gasteiger charge is -2.33. The molecule has 2 saturated heterocycles. The molecule has 0 aliphatic carbocycles. The van der Waals surface area contributed by atoms with Crippen molar-refractivity contribution in [2.75, 3.05) is 26.2 Å². The second-order valence-corrected chi connectivity index (χ2v) is 6.90. The van der Waals surface area contributed by atoms with Crippen molar-refractivity contribution in [1.82, 2.24) is 9.80 Å². The first kappa shape index (κ1) is 16.4. The summed E-state index contributed by atoms with van der Waals surface area (Å²) < 4.78 is 13.3. The fourth-order valence-electron chi connectivity index (χ4n) is 3.88. The SMILES string of the molecule is O=C(Cc1cccc(F)c1)N1CCCCC[C@@H]1CN1CCCC1. The molecule has 0 bridgehead atoms. The quantitative estimate of drug-likeness (QED) is 0.851. The third kappa shape index (κ3) is 4.54. The van der Waals surface area contributed by atoms with Gasteiger partial charge in [0, 0.05) is 19.1 Å². The van der Waals surface area contributed by atoms with Crippen LogP contribution >= 0.6 is 0 Å². The Morgan fingerprint density at radius 1 is 1.09 bits per heavy atom. The van der Waals surface area contributed by atoms with E-state index in [-0.39, 0.29) is 11.7 Å². The maximum atomic E-state index is 13.3. The first-order chi connectivity index (χ1) is 11.2. The molecule has 2 fully saturated rings. The number of carbonyl (C=O) groups excluding carboxylic acids is 1. The minimum Gasteiger partial charge on any atom is -0.338 e. The van der Waals surface area contributed by atoms with Gasteiger partial charge < -0.3 is 9.80 Å². The van der Waals surface area contributed by atoms with E-state index in [1.165, 1.54) is 50.9 Å². The van der Waals surface area contributed by atoms with Crippen molar-refractivity contribution in [3.05, 3.63) is 35.6 Å². The average molecular weight is 318 g/mol. The van der Waals surface area contributed by atoms with Crippen molar-refractivity contribution in [3.63, 3.8) is 0 Å². The molecule has 2 aliphatic rings. The summed E-state index contributed by atoms with van der Waals surface area (Å²) in [4.78, 5) is 17.4. The summed E-state index contributed by atoms with van der Waals surface area (Å²) in [6, 6.07) is 6.76. The second-order valence-electron chi connectivity index (χ2n) is 6.90. The van der Waals surface area contributed by atoms with Gasteiger partial charge in [-0.25, -0.2) is 4.39 Å². The van der Waals surface area contributed by atoms with Crippen LogP contribution in [0.5, 0.6) is 0 Å². The van der Waals surface area contributed by atoms with Gasteiger partial charge in [-0.05, 0) is 56.5 Å². The van der Waals surface area contributed by atoms with E-state index in [4.69, 9.17) is 0 Å². The Morgan fingerprint density at radius 2 is 1.87 bits per heavy atom. The van der Waals surface area contributed by atoms with Crippen LogP contribution in [0.25, 0.3) is 0 Å². The van der Waals surface area contributed by atoms with Crippen molar-refractivity contribution in [2.24, 2.45) is 0 Å². The fraction of sp³-hybridized carbons (Fsp3) is 0.632. The van der Waals surface area contributed by atoms with Crippen LogP contribution in [0.3, 0.4) is 0 Å². The largest absolute Gasteiger partial charge is 0.338 e. The van der Waals surface area contributed by atoms with Crippen LogP contribution in [0.2, 0.25) is 0 Å². The molecule has 0 radical (unpaired) electrons. The second kappa shape index (κ2) is 7.91. The lowest BCUT2D eigenvalue weighted by molar-refractivity contribution is -0.133. The number of rotatable bonds is 4. The Bertz CT molecular complexity index is 528. The molecule has 1 aromatic rings. The first-order valence-electron chi connectivity index (χ1n) is 8.98. The van der Waals surface area contributed by atoms with Gasteiger partial charge in [-0.15, -0.1) is 0 Å². The molecular formula is C19H27FN2O. The molecule has 1 aromatic carbocycles. The molecule has 3 rings (SSSR count). The third-order valence-corrected chi connectivity index (χ3v) is 5.11. The Hall–Kier alpha value is -1.42. The van der Waals surface area contributed by atoms with Crippen LogP contribution in [0.4, 0.5) is 4.39 Å². The van der Waals surface area contributed by atoms with Gasteiger partial charge in [0.15, 0.2) is 0 Å². The van der Waals surface area contributed by atoms with Crippen LogP contribution in [0, 0.1) is 5.82 Å². The fourth-order valence-corrected chi connectivity index (χ4v) is 3.88. The third-order valence-electron chi connectivity index (χ3n) is 5.11. The van der Waals surface area contributed by atoms with Gasteiger partial charge >= 0.3 is 0 Å². The van der Waals surface area contributed by atoms with Gasteiger partial charge in [0.2, 0.25) is 5.91 Å². The van der Waals surface area contributed by atoms with Gasteiger partial charge in [0.05, 0.1) is 6.42 Å². The van der Waals surface area contributed by atoms with Crippen LogP contribution in [0.15, 0.2) is 24.3 Å². The van der Waals surface area contributed by atoms with E-state index in [0.717, 1.165) is 31.5 Å². The van der Waals surface area contributed by atoms with Crippen LogP contribution < -0.4 is 0 Å². The Balaban J connectivity index is 1.66. The minimum atomic E-state index is -0.264. The maximum Gasteiger partial charge on any atom is 0.227 e. The number of hydrogen-bond donors (Lipinski definition) is 0. The standard InChI is InChI=1S/C19H27FN2O/c20-17-8-6-7-16(13-17)14-19(23)22-12-3-1-2-9-18(22)15-21-10-4-5-11-21/h6-8,13,18H,1-5,9-12,14-15H2/t18-/m1/s1. The lowest BCUT2D eigenvalue weighted by Crippen LogP contribution is -2.46.